The van der Waals surface area contributed by atoms with E-state index < -0.39 is 0 Å². The van der Waals surface area contributed by atoms with Gasteiger partial charge in [0.25, 0.3) is 0 Å². The van der Waals surface area contributed by atoms with E-state index in [0.29, 0.717) is 18.1 Å². The molecule has 0 saturated carbocycles. The molecule has 4 atom stereocenters. The molecule has 3 rings (SSSR count). The van der Waals surface area contributed by atoms with E-state index in [-0.39, 0.29) is 6.04 Å². The van der Waals surface area contributed by atoms with E-state index in [2.05, 4.69) is 0 Å². The van der Waals surface area contributed by atoms with Crippen LogP contribution in [-0.4, -0.2) is 26.4 Å². The zero-order valence-electron chi connectivity index (χ0n) is 11.5. The minimum absolute atomic E-state index is 0.0145. The van der Waals surface area contributed by atoms with Gasteiger partial charge in [-0.15, -0.1) is 0 Å². The summed E-state index contributed by atoms with van der Waals surface area (Å²) in [5, 5.41) is 0. The van der Waals surface area contributed by atoms with Crippen LogP contribution < -0.4 is 15.2 Å². The maximum Gasteiger partial charge on any atom is 0.122 e. The van der Waals surface area contributed by atoms with Gasteiger partial charge in [-0.25, -0.2) is 0 Å². The Morgan fingerprint density at radius 3 is 2.32 bits per heavy atom. The fraction of sp³-hybridized carbons (Fsp3) is 0.600. The van der Waals surface area contributed by atoms with Gasteiger partial charge in [-0.05, 0) is 37.0 Å². The zero-order valence-corrected chi connectivity index (χ0v) is 11.5. The predicted molar refractivity (Wildman–Crippen MR) is 72.5 cm³/mol. The number of hydrogen-bond acceptors (Lipinski definition) is 4. The van der Waals surface area contributed by atoms with Crippen LogP contribution in [0.4, 0.5) is 0 Å². The summed E-state index contributed by atoms with van der Waals surface area (Å²) in [6.07, 6.45) is 4.16. The van der Waals surface area contributed by atoms with Gasteiger partial charge in [-0.3, -0.25) is 0 Å². The molecule has 4 heteroatoms. The SMILES string of the molecule is COc1cc(OC)cc(C(N)C2CC3CCC2O3)c1. The largest absolute Gasteiger partial charge is 0.497 e. The number of benzene rings is 1. The zero-order chi connectivity index (χ0) is 13.4. The van der Waals surface area contributed by atoms with E-state index in [1.807, 2.05) is 18.2 Å². The van der Waals surface area contributed by atoms with Crippen LogP contribution in [-0.2, 0) is 4.74 Å². The van der Waals surface area contributed by atoms with Crippen molar-refractivity contribution in [3.8, 4) is 11.5 Å². The lowest BCUT2D eigenvalue weighted by Crippen LogP contribution is -2.29. The van der Waals surface area contributed by atoms with Gasteiger partial charge >= 0.3 is 0 Å². The monoisotopic (exact) mass is 263 g/mol. The average Bonchev–Trinajstić information content (AvgIpc) is 3.08. The van der Waals surface area contributed by atoms with Crippen molar-refractivity contribution in [3.05, 3.63) is 23.8 Å². The second-order valence-corrected chi connectivity index (χ2v) is 5.45. The quantitative estimate of drug-likeness (QED) is 0.905. The summed E-state index contributed by atoms with van der Waals surface area (Å²) in [4.78, 5) is 0. The molecule has 0 aliphatic carbocycles. The van der Waals surface area contributed by atoms with Crippen LogP contribution in [0.15, 0.2) is 18.2 Å². The van der Waals surface area contributed by atoms with Crippen LogP contribution >= 0.6 is 0 Å². The molecule has 2 bridgehead atoms. The van der Waals surface area contributed by atoms with Crippen molar-refractivity contribution in [1.82, 2.24) is 0 Å². The minimum atomic E-state index is -0.0145. The van der Waals surface area contributed by atoms with Crippen molar-refractivity contribution >= 4 is 0 Å². The Hall–Kier alpha value is -1.26. The predicted octanol–water partition coefficient (Wildman–Crippen LogP) is 2.27. The lowest BCUT2D eigenvalue weighted by Gasteiger charge is -2.26. The van der Waals surface area contributed by atoms with Crippen LogP contribution in [0, 0.1) is 5.92 Å². The number of fused-ring (bicyclic) bond motifs is 2. The standard InChI is InChI=1S/C15H21NO3/c1-17-11-5-9(6-12(7-11)18-2)15(16)13-8-10-3-4-14(13)19-10/h5-7,10,13-15H,3-4,8,16H2,1-2H3. The second kappa shape index (κ2) is 5.02. The third-order valence-electron chi connectivity index (χ3n) is 4.37. The van der Waals surface area contributed by atoms with Crippen molar-refractivity contribution < 1.29 is 14.2 Å². The van der Waals surface area contributed by atoms with Crippen molar-refractivity contribution in [2.45, 2.75) is 37.5 Å². The van der Waals surface area contributed by atoms with Gasteiger partial charge in [0.05, 0.1) is 26.4 Å². The molecule has 104 valence electrons. The molecule has 0 aromatic heterocycles. The van der Waals surface area contributed by atoms with Gasteiger partial charge in [0, 0.05) is 18.0 Å². The van der Waals surface area contributed by atoms with Crippen molar-refractivity contribution in [3.63, 3.8) is 0 Å². The molecule has 4 nitrogen and oxygen atoms in total. The van der Waals surface area contributed by atoms with Crippen LogP contribution in [0.2, 0.25) is 0 Å². The first kappa shape index (κ1) is 12.8. The van der Waals surface area contributed by atoms with E-state index in [1.165, 1.54) is 6.42 Å². The molecule has 2 fully saturated rings. The molecule has 0 spiro atoms. The number of hydrogen-bond donors (Lipinski definition) is 1. The minimum Gasteiger partial charge on any atom is -0.497 e. The van der Waals surface area contributed by atoms with E-state index in [9.17, 15) is 0 Å². The van der Waals surface area contributed by atoms with Gasteiger partial charge in [0.1, 0.15) is 11.5 Å². The van der Waals surface area contributed by atoms with Crippen LogP contribution in [0.3, 0.4) is 0 Å². The maximum absolute atomic E-state index is 6.44. The first-order valence-electron chi connectivity index (χ1n) is 6.85. The van der Waals surface area contributed by atoms with Crippen molar-refractivity contribution in [2.75, 3.05) is 14.2 Å². The highest BCUT2D eigenvalue weighted by atomic mass is 16.5. The summed E-state index contributed by atoms with van der Waals surface area (Å²) in [5.74, 6) is 1.98. The molecule has 2 N–H and O–H groups in total. The number of nitrogens with two attached hydrogens (primary N) is 1. The fourth-order valence-electron chi connectivity index (χ4n) is 3.32. The van der Waals surface area contributed by atoms with Gasteiger partial charge in [0.2, 0.25) is 0 Å². The summed E-state index contributed by atoms with van der Waals surface area (Å²) in [5.41, 5.74) is 7.51. The Morgan fingerprint density at radius 1 is 1.16 bits per heavy atom. The Kier molecular flexibility index (Phi) is 3.37. The second-order valence-electron chi connectivity index (χ2n) is 5.45. The Morgan fingerprint density at radius 2 is 1.84 bits per heavy atom. The highest BCUT2D eigenvalue weighted by Gasteiger charge is 2.43. The molecule has 1 aromatic carbocycles. The highest BCUT2D eigenvalue weighted by Crippen LogP contribution is 2.44. The Labute approximate surface area is 113 Å². The summed E-state index contributed by atoms with van der Waals surface area (Å²) in [7, 11) is 3.31. The topological polar surface area (TPSA) is 53.7 Å². The molecular weight excluding hydrogens is 242 g/mol. The summed E-state index contributed by atoms with van der Waals surface area (Å²) in [6, 6.07) is 5.85. The molecule has 2 saturated heterocycles. The summed E-state index contributed by atoms with van der Waals surface area (Å²) in [6.45, 7) is 0. The smallest absolute Gasteiger partial charge is 0.122 e. The third kappa shape index (κ3) is 2.30. The Balaban J connectivity index is 1.84. The van der Waals surface area contributed by atoms with Crippen LogP contribution in [0.5, 0.6) is 11.5 Å². The van der Waals surface area contributed by atoms with E-state index in [1.54, 1.807) is 14.2 Å². The molecule has 2 aliphatic rings. The third-order valence-corrected chi connectivity index (χ3v) is 4.37. The van der Waals surface area contributed by atoms with Crippen LogP contribution in [0.25, 0.3) is 0 Å². The van der Waals surface area contributed by atoms with Gasteiger partial charge in [0.15, 0.2) is 0 Å². The summed E-state index contributed by atoms with van der Waals surface area (Å²) < 4.78 is 16.5. The highest BCUT2D eigenvalue weighted by molar-refractivity contribution is 5.40. The van der Waals surface area contributed by atoms with Crippen molar-refractivity contribution in [1.29, 1.82) is 0 Å². The van der Waals surface area contributed by atoms with Gasteiger partial charge in [-0.2, -0.15) is 0 Å². The normalized spacial score (nSPS) is 30.4. The number of ether oxygens (including phenoxy) is 3. The fourth-order valence-corrected chi connectivity index (χ4v) is 3.32. The average molecular weight is 263 g/mol. The van der Waals surface area contributed by atoms with Crippen LogP contribution in [0.1, 0.15) is 30.9 Å². The lowest BCUT2D eigenvalue weighted by atomic mass is 9.81. The number of methoxy groups -OCH3 is 2. The molecule has 0 radical (unpaired) electrons. The summed E-state index contributed by atoms with van der Waals surface area (Å²) >= 11 is 0. The number of rotatable bonds is 4. The Bertz CT molecular complexity index is 440. The molecule has 4 unspecified atom stereocenters. The molecule has 0 amide bonds. The molecule has 19 heavy (non-hydrogen) atoms. The molecule has 2 heterocycles. The lowest BCUT2D eigenvalue weighted by molar-refractivity contribution is 0.0884. The first-order chi connectivity index (χ1) is 9.21. The van der Waals surface area contributed by atoms with Crippen molar-refractivity contribution in [2.24, 2.45) is 11.7 Å². The molecule has 1 aromatic rings. The van der Waals surface area contributed by atoms with Gasteiger partial charge in [-0.1, -0.05) is 0 Å². The van der Waals surface area contributed by atoms with E-state index in [4.69, 9.17) is 19.9 Å². The molecule has 2 aliphatic heterocycles. The first-order valence-corrected chi connectivity index (χ1v) is 6.85. The molecular formula is C15H21NO3. The maximum atomic E-state index is 6.44. The van der Waals surface area contributed by atoms with Gasteiger partial charge < -0.3 is 19.9 Å². The van der Waals surface area contributed by atoms with E-state index >= 15 is 0 Å². The van der Waals surface area contributed by atoms with E-state index in [0.717, 1.165) is 29.9 Å².